The standard InChI is InChI=1S/C19H35/c1-3-5-7-9-11-13-15-17-19-18-16-14-12-10-8-6-4-2/h12,14,18-19H,1,3-11,13,15-17H2,2H3. The quantitative estimate of drug-likeness (QED) is 0.233. The summed E-state index contributed by atoms with van der Waals surface area (Å²) in [5, 5.41) is 0. The summed E-state index contributed by atoms with van der Waals surface area (Å²) in [6, 6.07) is 0. The van der Waals surface area contributed by atoms with E-state index in [4.69, 9.17) is 0 Å². The van der Waals surface area contributed by atoms with Gasteiger partial charge in [0.2, 0.25) is 0 Å². The summed E-state index contributed by atoms with van der Waals surface area (Å²) in [6.45, 7) is 6.13. The molecule has 0 amide bonds. The van der Waals surface area contributed by atoms with Crippen molar-refractivity contribution in [1.29, 1.82) is 0 Å². The summed E-state index contributed by atoms with van der Waals surface area (Å²) in [7, 11) is 0. The van der Waals surface area contributed by atoms with Crippen LogP contribution < -0.4 is 0 Å². The molecule has 0 heteroatoms. The van der Waals surface area contributed by atoms with E-state index in [2.05, 4.69) is 38.2 Å². The Kier molecular flexibility index (Phi) is 17.0. The van der Waals surface area contributed by atoms with Gasteiger partial charge in [-0.1, -0.05) is 89.5 Å². The van der Waals surface area contributed by atoms with Crippen LogP contribution in [0.3, 0.4) is 0 Å². The third-order valence-electron chi connectivity index (χ3n) is 3.45. The predicted molar refractivity (Wildman–Crippen MR) is 89.3 cm³/mol. The molecule has 0 N–H and O–H groups in total. The predicted octanol–water partition coefficient (Wildman–Crippen LogP) is 7.02. The highest BCUT2D eigenvalue weighted by atomic mass is 14.0. The minimum Gasteiger partial charge on any atom is -0.0882 e. The number of hydrogen-bond acceptors (Lipinski definition) is 0. The summed E-state index contributed by atoms with van der Waals surface area (Å²) in [5.74, 6) is 0. The molecule has 0 fully saturated rings. The third kappa shape index (κ3) is 17.5. The summed E-state index contributed by atoms with van der Waals surface area (Å²) in [5.41, 5.74) is 0. The molecule has 0 aromatic rings. The van der Waals surface area contributed by atoms with Crippen LogP contribution in [-0.4, -0.2) is 0 Å². The Morgan fingerprint density at radius 1 is 0.632 bits per heavy atom. The highest BCUT2D eigenvalue weighted by Gasteiger charge is 1.89. The van der Waals surface area contributed by atoms with Crippen molar-refractivity contribution in [3.63, 3.8) is 0 Å². The highest BCUT2D eigenvalue weighted by molar-refractivity contribution is 4.92. The molecule has 0 aromatic carbocycles. The van der Waals surface area contributed by atoms with Crippen molar-refractivity contribution in [2.75, 3.05) is 0 Å². The van der Waals surface area contributed by atoms with Crippen LogP contribution in [0.15, 0.2) is 24.3 Å². The van der Waals surface area contributed by atoms with E-state index < -0.39 is 0 Å². The van der Waals surface area contributed by atoms with Crippen molar-refractivity contribution in [2.45, 2.75) is 90.4 Å². The first-order valence-corrected chi connectivity index (χ1v) is 8.51. The first-order chi connectivity index (χ1) is 9.41. The molecule has 0 saturated heterocycles. The minimum atomic E-state index is 1.11. The third-order valence-corrected chi connectivity index (χ3v) is 3.45. The van der Waals surface area contributed by atoms with Gasteiger partial charge in [-0.25, -0.2) is 0 Å². The molecule has 0 heterocycles. The number of rotatable bonds is 14. The number of hydrogen-bond donors (Lipinski definition) is 0. The van der Waals surface area contributed by atoms with Crippen LogP contribution in [-0.2, 0) is 0 Å². The van der Waals surface area contributed by atoms with Crippen LogP contribution in [0.4, 0.5) is 0 Å². The maximum absolute atomic E-state index is 3.87. The lowest BCUT2D eigenvalue weighted by Gasteiger charge is -1.98. The molecule has 0 spiro atoms. The average Bonchev–Trinajstić information content (AvgIpc) is 2.43. The van der Waals surface area contributed by atoms with Crippen LogP contribution in [0, 0.1) is 6.92 Å². The van der Waals surface area contributed by atoms with Crippen molar-refractivity contribution in [1.82, 2.24) is 0 Å². The van der Waals surface area contributed by atoms with E-state index in [1.165, 1.54) is 70.6 Å². The number of unbranched alkanes of at least 4 members (excludes halogenated alkanes) is 10. The lowest BCUT2D eigenvalue weighted by atomic mass is 10.1. The van der Waals surface area contributed by atoms with Crippen LogP contribution in [0.2, 0.25) is 0 Å². The van der Waals surface area contributed by atoms with Crippen molar-refractivity contribution < 1.29 is 0 Å². The van der Waals surface area contributed by atoms with Gasteiger partial charge in [0.1, 0.15) is 0 Å². The molecule has 0 aromatic heterocycles. The van der Waals surface area contributed by atoms with Crippen molar-refractivity contribution in [3.05, 3.63) is 31.2 Å². The van der Waals surface area contributed by atoms with Gasteiger partial charge in [0, 0.05) is 0 Å². The maximum atomic E-state index is 3.87. The Morgan fingerprint density at radius 3 is 1.74 bits per heavy atom. The molecule has 0 rings (SSSR count). The molecule has 0 unspecified atom stereocenters. The zero-order chi connectivity index (χ0) is 14.0. The normalized spacial score (nSPS) is 11.9. The van der Waals surface area contributed by atoms with Gasteiger partial charge in [0.05, 0.1) is 0 Å². The van der Waals surface area contributed by atoms with Crippen molar-refractivity contribution in [3.8, 4) is 0 Å². The first kappa shape index (κ1) is 18.5. The topological polar surface area (TPSA) is 0 Å². The Morgan fingerprint density at radius 2 is 1.16 bits per heavy atom. The molecule has 19 heavy (non-hydrogen) atoms. The minimum absolute atomic E-state index is 1.11. The SMILES string of the molecule is [CH2]CCCCCCCCC=CCC=CCCCCC. The Labute approximate surface area is 122 Å². The second-order valence-corrected chi connectivity index (χ2v) is 5.44. The largest absolute Gasteiger partial charge is 0.0882 e. The molecule has 0 nitrogen and oxygen atoms in total. The molecule has 111 valence electrons. The molecule has 0 aliphatic carbocycles. The van der Waals surface area contributed by atoms with Crippen LogP contribution in [0.25, 0.3) is 0 Å². The zero-order valence-corrected chi connectivity index (χ0v) is 13.2. The first-order valence-electron chi connectivity index (χ1n) is 8.51. The Balaban J connectivity index is 3.12. The lowest BCUT2D eigenvalue weighted by Crippen LogP contribution is -1.78. The average molecular weight is 263 g/mol. The van der Waals surface area contributed by atoms with Crippen molar-refractivity contribution in [2.24, 2.45) is 0 Å². The van der Waals surface area contributed by atoms with Crippen LogP contribution in [0.5, 0.6) is 0 Å². The van der Waals surface area contributed by atoms with E-state index >= 15 is 0 Å². The van der Waals surface area contributed by atoms with Gasteiger partial charge in [0.25, 0.3) is 0 Å². The molecular weight excluding hydrogens is 228 g/mol. The van der Waals surface area contributed by atoms with Gasteiger partial charge in [-0.05, 0) is 32.1 Å². The van der Waals surface area contributed by atoms with E-state index in [0.717, 1.165) is 12.8 Å². The molecular formula is C19H35. The zero-order valence-electron chi connectivity index (χ0n) is 13.2. The molecule has 0 saturated carbocycles. The van der Waals surface area contributed by atoms with Gasteiger partial charge in [-0.2, -0.15) is 0 Å². The van der Waals surface area contributed by atoms with E-state index in [0.29, 0.717) is 0 Å². The molecule has 0 aliphatic heterocycles. The van der Waals surface area contributed by atoms with Gasteiger partial charge < -0.3 is 0 Å². The molecule has 0 aliphatic rings. The van der Waals surface area contributed by atoms with E-state index in [9.17, 15) is 0 Å². The highest BCUT2D eigenvalue weighted by Crippen LogP contribution is 2.08. The fourth-order valence-electron chi connectivity index (χ4n) is 2.16. The fraction of sp³-hybridized carbons (Fsp3) is 0.737. The van der Waals surface area contributed by atoms with Crippen LogP contribution >= 0.6 is 0 Å². The van der Waals surface area contributed by atoms with E-state index in [1.54, 1.807) is 0 Å². The molecule has 0 atom stereocenters. The summed E-state index contributed by atoms with van der Waals surface area (Å²) < 4.78 is 0. The Bertz CT molecular complexity index is 200. The fourth-order valence-corrected chi connectivity index (χ4v) is 2.16. The van der Waals surface area contributed by atoms with E-state index in [1.807, 2.05) is 0 Å². The smallest absolute Gasteiger partial charge is 0.0169 e. The summed E-state index contributed by atoms with van der Waals surface area (Å²) in [6.07, 6.45) is 26.4. The van der Waals surface area contributed by atoms with E-state index in [-0.39, 0.29) is 0 Å². The second kappa shape index (κ2) is 17.5. The molecule has 0 bridgehead atoms. The van der Waals surface area contributed by atoms with Gasteiger partial charge in [0.15, 0.2) is 0 Å². The van der Waals surface area contributed by atoms with Crippen LogP contribution in [0.1, 0.15) is 90.4 Å². The number of allylic oxidation sites excluding steroid dienone is 4. The lowest BCUT2D eigenvalue weighted by molar-refractivity contribution is 0.599. The monoisotopic (exact) mass is 263 g/mol. The summed E-state index contributed by atoms with van der Waals surface area (Å²) in [4.78, 5) is 0. The molecule has 1 radical (unpaired) electrons. The second-order valence-electron chi connectivity index (χ2n) is 5.44. The summed E-state index contributed by atoms with van der Waals surface area (Å²) >= 11 is 0. The van der Waals surface area contributed by atoms with Gasteiger partial charge >= 0.3 is 0 Å². The maximum Gasteiger partial charge on any atom is -0.0169 e. The Hall–Kier alpha value is -0.520. The van der Waals surface area contributed by atoms with Gasteiger partial charge in [-0.15, -0.1) is 0 Å². The van der Waals surface area contributed by atoms with Crippen molar-refractivity contribution >= 4 is 0 Å². The van der Waals surface area contributed by atoms with Gasteiger partial charge in [-0.3, -0.25) is 0 Å².